The third-order valence-electron chi connectivity index (χ3n) is 5.18. The summed E-state index contributed by atoms with van der Waals surface area (Å²) in [6.07, 6.45) is -3.47. The Balaban J connectivity index is 1.77. The van der Waals surface area contributed by atoms with Gasteiger partial charge in [-0.3, -0.25) is 30.3 Å². The van der Waals surface area contributed by atoms with Crippen LogP contribution in [0.5, 0.6) is 0 Å². The molecule has 2 aromatic rings. The Hall–Kier alpha value is -3.74. The van der Waals surface area contributed by atoms with Crippen LogP contribution in [0.2, 0.25) is 0 Å². The maximum absolute atomic E-state index is 14.9. The number of hydrazine groups is 1. The minimum Gasteiger partial charge on any atom is -0.378 e. The highest BCUT2D eigenvalue weighted by atomic mass is 19.4. The lowest BCUT2D eigenvalue weighted by atomic mass is 10.1. The molecular formula is C22H23F4N5O4. The summed E-state index contributed by atoms with van der Waals surface area (Å²) in [5.41, 5.74) is 3.86. The highest BCUT2D eigenvalue weighted by Gasteiger charge is 2.39. The van der Waals surface area contributed by atoms with Gasteiger partial charge in [0.05, 0.1) is 36.7 Å². The van der Waals surface area contributed by atoms with Crippen LogP contribution in [0.25, 0.3) is 0 Å². The van der Waals surface area contributed by atoms with Gasteiger partial charge in [0.15, 0.2) is 0 Å². The number of nitrogens with zero attached hydrogens (tertiary/aromatic N) is 3. The van der Waals surface area contributed by atoms with Crippen molar-refractivity contribution in [3.63, 3.8) is 0 Å². The summed E-state index contributed by atoms with van der Waals surface area (Å²) >= 11 is 0. The zero-order valence-electron chi connectivity index (χ0n) is 18.7. The van der Waals surface area contributed by atoms with E-state index in [1.54, 1.807) is 11.5 Å². The molecule has 3 rings (SSSR count). The van der Waals surface area contributed by atoms with Crippen molar-refractivity contribution in [3.8, 4) is 0 Å². The molecule has 1 aromatic heterocycles. The van der Waals surface area contributed by atoms with Gasteiger partial charge in [0.25, 0.3) is 5.91 Å². The van der Waals surface area contributed by atoms with E-state index in [1.807, 2.05) is 6.92 Å². The Kier molecular flexibility index (Phi) is 8.22. The molecule has 1 aliphatic rings. The number of aromatic nitrogens is 1. The minimum absolute atomic E-state index is 0.0529. The number of benzene rings is 1. The van der Waals surface area contributed by atoms with E-state index in [2.05, 4.69) is 4.98 Å². The van der Waals surface area contributed by atoms with Gasteiger partial charge in [0, 0.05) is 19.3 Å². The number of rotatable bonds is 5. The molecule has 188 valence electrons. The average Bonchev–Trinajstić information content (AvgIpc) is 2.85. The molecule has 4 amide bonds. The topological polar surface area (TPSA) is 104 Å². The van der Waals surface area contributed by atoms with Crippen LogP contribution in [0.4, 0.5) is 28.0 Å². The Labute approximate surface area is 198 Å². The number of hydrogen-bond donors (Lipinski definition) is 2. The van der Waals surface area contributed by atoms with E-state index in [4.69, 9.17) is 4.74 Å². The molecule has 1 fully saturated rings. The Morgan fingerprint density at radius 2 is 1.83 bits per heavy atom. The minimum atomic E-state index is -5.16. The van der Waals surface area contributed by atoms with Gasteiger partial charge in [0.2, 0.25) is 0 Å². The highest BCUT2D eigenvalue weighted by molar-refractivity contribution is 5.95. The summed E-state index contributed by atoms with van der Waals surface area (Å²) in [7, 11) is 0. The molecule has 0 radical (unpaired) electrons. The third kappa shape index (κ3) is 6.66. The lowest BCUT2D eigenvalue weighted by molar-refractivity contribution is -0.174. The number of halogens is 4. The molecule has 0 atom stereocenters. The van der Waals surface area contributed by atoms with E-state index in [0.29, 0.717) is 38.4 Å². The van der Waals surface area contributed by atoms with Crippen LogP contribution in [0, 0.1) is 5.82 Å². The molecule has 1 saturated heterocycles. The molecule has 0 unspecified atom stereocenters. The van der Waals surface area contributed by atoms with E-state index >= 15 is 0 Å². The first kappa shape index (κ1) is 25.9. The number of hydrogen-bond acceptors (Lipinski definition) is 5. The van der Waals surface area contributed by atoms with Gasteiger partial charge in [0.1, 0.15) is 5.82 Å². The quantitative estimate of drug-likeness (QED) is 0.488. The smallest absolute Gasteiger partial charge is 0.378 e. The van der Waals surface area contributed by atoms with Crippen molar-refractivity contribution in [2.75, 3.05) is 31.2 Å². The zero-order chi connectivity index (χ0) is 25.6. The normalized spacial score (nSPS) is 13.8. The van der Waals surface area contributed by atoms with Crippen LogP contribution in [0.3, 0.4) is 0 Å². The van der Waals surface area contributed by atoms with Crippen LogP contribution in [0.1, 0.15) is 28.5 Å². The zero-order valence-corrected chi connectivity index (χ0v) is 18.7. The lowest BCUT2D eigenvalue weighted by Crippen LogP contribution is -2.48. The number of morpholine rings is 1. The molecule has 35 heavy (non-hydrogen) atoms. The average molecular weight is 497 g/mol. The molecule has 13 heteroatoms. The van der Waals surface area contributed by atoms with Gasteiger partial charge in [-0.15, -0.1) is 0 Å². The highest BCUT2D eigenvalue weighted by Crippen LogP contribution is 2.24. The molecule has 0 saturated carbocycles. The molecule has 1 aromatic carbocycles. The number of anilines is 1. The van der Waals surface area contributed by atoms with Crippen molar-refractivity contribution in [1.29, 1.82) is 0 Å². The number of carbonyl (C=O) groups is 3. The largest absolute Gasteiger partial charge is 0.472 e. The number of urea groups is 1. The first-order valence-electron chi connectivity index (χ1n) is 10.6. The van der Waals surface area contributed by atoms with E-state index < -0.39 is 29.8 Å². The van der Waals surface area contributed by atoms with Crippen LogP contribution in [-0.2, 0) is 22.5 Å². The SMILES string of the molecule is CCc1ccc(N(Cc2ccc(C(=O)NNC(=O)C(F)(F)F)cn2)C(=O)N2CCOCC2)c(F)c1. The van der Waals surface area contributed by atoms with Gasteiger partial charge >= 0.3 is 18.1 Å². The van der Waals surface area contributed by atoms with Crippen molar-refractivity contribution >= 4 is 23.5 Å². The van der Waals surface area contributed by atoms with Gasteiger partial charge in [-0.05, 0) is 36.2 Å². The summed E-state index contributed by atoms with van der Waals surface area (Å²) < 4.78 is 56.9. The van der Waals surface area contributed by atoms with Crippen molar-refractivity contribution in [2.24, 2.45) is 0 Å². The van der Waals surface area contributed by atoms with Gasteiger partial charge in [-0.2, -0.15) is 13.2 Å². The van der Waals surface area contributed by atoms with E-state index in [9.17, 15) is 31.9 Å². The molecule has 2 N–H and O–H groups in total. The number of alkyl halides is 3. The number of ether oxygens (including phenoxy) is 1. The molecule has 0 aliphatic carbocycles. The fourth-order valence-electron chi connectivity index (χ4n) is 3.24. The Bertz CT molecular complexity index is 1070. The van der Waals surface area contributed by atoms with Crippen molar-refractivity contribution < 1.29 is 36.7 Å². The van der Waals surface area contributed by atoms with Crippen molar-refractivity contribution in [1.82, 2.24) is 20.7 Å². The maximum Gasteiger partial charge on any atom is 0.472 e. The maximum atomic E-state index is 14.9. The van der Waals surface area contributed by atoms with E-state index in [1.165, 1.54) is 39.5 Å². The lowest BCUT2D eigenvalue weighted by Gasteiger charge is -2.33. The molecule has 9 nitrogen and oxygen atoms in total. The Morgan fingerprint density at radius 1 is 1.11 bits per heavy atom. The second-order valence-electron chi connectivity index (χ2n) is 7.55. The van der Waals surface area contributed by atoms with Gasteiger partial charge in [-0.1, -0.05) is 13.0 Å². The van der Waals surface area contributed by atoms with Crippen LogP contribution >= 0.6 is 0 Å². The fraction of sp³-hybridized carbons (Fsp3) is 0.364. The molecule has 0 spiro atoms. The van der Waals surface area contributed by atoms with Crippen molar-refractivity contribution in [2.45, 2.75) is 26.1 Å². The first-order chi connectivity index (χ1) is 16.6. The molecular weight excluding hydrogens is 474 g/mol. The predicted molar refractivity (Wildman–Crippen MR) is 116 cm³/mol. The molecule has 0 bridgehead atoms. The Morgan fingerprint density at radius 3 is 2.40 bits per heavy atom. The summed E-state index contributed by atoms with van der Waals surface area (Å²) in [6, 6.07) is 6.76. The molecule has 1 aliphatic heterocycles. The molecule has 2 heterocycles. The number of aryl methyl sites for hydroxylation is 1. The number of amides is 4. The van der Waals surface area contributed by atoms with E-state index in [-0.39, 0.29) is 17.8 Å². The number of pyridine rings is 1. The van der Waals surface area contributed by atoms with Crippen LogP contribution < -0.4 is 15.8 Å². The number of nitrogens with one attached hydrogen (secondary N) is 2. The summed E-state index contributed by atoms with van der Waals surface area (Å²) in [5.74, 6) is -3.93. The standard InChI is InChI=1S/C22H23F4N5O4/c1-2-14-3-6-18(17(23)11-14)31(21(34)30-7-9-35-10-8-30)13-16-5-4-15(12-27-16)19(32)28-29-20(33)22(24,25)26/h3-6,11-12H,2,7-10,13H2,1H3,(H,28,32)(H,29,33). The van der Waals surface area contributed by atoms with Gasteiger partial charge < -0.3 is 9.64 Å². The summed E-state index contributed by atoms with van der Waals surface area (Å²) in [5, 5.41) is 0. The summed E-state index contributed by atoms with van der Waals surface area (Å²) in [6.45, 7) is 3.11. The van der Waals surface area contributed by atoms with Crippen LogP contribution in [0.15, 0.2) is 36.5 Å². The first-order valence-corrected chi connectivity index (χ1v) is 10.6. The number of carbonyl (C=O) groups excluding carboxylic acids is 3. The van der Waals surface area contributed by atoms with E-state index in [0.717, 1.165) is 11.8 Å². The summed E-state index contributed by atoms with van der Waals surface area (Å²) in [4.78, 5) is 42.9. The predicted octanol–water partition coefficient (Wildman–Crippen LogP) is 2.57. The third-order valence-corrected chi connectivity index (χ3v) is 5.18. The monoisotopic (exact) mass is 497 g/mol. The fourth-order valence-corrected chi connectivity index (χ4v) is 3.24. The van der Waals surface area contributed by atoms with Crippen LogP contribution in [-0.4, -0.2) is 60.2 Å². The van der Waals surface area contributed by atoms with Gasteiger partial charge in [-0.25, -0.2) is 9.18 Å². The second kappa shape index (κ2) is 11.1. The second-order valence-corrected chi connectivity index (χ2v) is 7.55. The van der Waals surface area contributed by atoms with Crippen molar-refractivity contribution in [3.05, 3.63) is 59.2 Å².